The summed E-state index contributed by atoms with van der Waals surface area (Å²) < 4.78 is 10.8. The minimum Gasteiger partial charge on any atom is -0.488 e. The molecule has 1 heterocycles. The van der Waals surface area contributed by atoms with Gasteiger partial charge in [0, 0.05) is 24.1 Å². The van der Waals surface area contributed by atoms with E-state index in [4.69, 9.17) is 9.47 Å². The average Bonchev–Trinajstić information content (AvgIpc) is 2.65. The zero-order valence-corrected chi connectivity index (χ0v) is 13.8. The van der Waals surface area contributed by atoms with E-state index in [2.05, 4.69) is 17.1 Å². The average molecular weight is 323 g/mol. The van der Waals surface area contributed by atoms with Crippen molar-refractivity contribution in [2.45, 2.75) is 31.8 Å². The van der Waals surface area contributed by atoms with E-state index in [1.54, 1.807) is 6.20 Å². The van der Waals surface area contributed by atoms with E-state index in [1.165, 1.54) is 7.11 Å². The number of methoxy groups -OCH3 is 1. The number of nitrogens with zero attached hydrogens (tertiary/aromatic N) is 1. The Morgan fingerprint density at radius 2 is 2.08 bits per heavy atom. The maximum Gasteiger partial charge on any atom is 0.305 e. The SMILES string of the molecule is COC(=O)CCC1C=CCc2c(OCc3ccccc3)ccnc21. The van der Waals surface area contributed by atoms with Crippen LogP contribution in [0.4, 0.5) is 0 Å². The molecular formula is C20H21NO3. The molecule has 1 aromatic heterocycles. The fourth-order valence-electron chi connectivity index (χ4n) is 2.93. The van der Waals surface area contributed by atoms with Crippen LogP contribution >= 0.6 is 0 Å². The molecule has 4 heteroatoms. The van der Waals surface area contributed by atoms with Crippen LogP contribution in [0, 0.1) is 0 Å². The van der Waals surface area contributed by atoms with Crippen molar-refractivity contribution in [3.05, 3.63) is 71.6 Å². The number of allylic oxidation sites excluding steroid dienone is 2. The third kappa shape index (κ3) is 3.82. The van der Waals surface area contributed by atoms with Crippen molar-refractivity contribution in [2.24, 2.45) is 0 Å². The van der Waals surface area contributed by atoms with Crippen molar-refractivity contribution in [3.8, 4) is 5.75 Å². The number of esters is 1. The summed E-state index contributed by atoms with van der Waals surface area (Å²) >= 11 is 0. The number of hydrogen-bond donors (Lipinski definition) is 0. The topological polar surface area (TPSA) is 48.4 Å². The highest BCUT2D eigenvalue weighted by Crippen LogP contribution is 2.34. The standard InChI is InChI=1S/C20H21NO3/c1-23-19(22)11-10-16-8-5-9-17-18(12-13-21-20(16)17)24-14-15-6-3-2-4-7-15/h2-8,12-13,16H,9-11,14H2,1H3. The Balaban J connectivity index is 1.73. The van der Waals surface area contributed by atoms with Crippen molar-refractivity contribution < 1.29 is 14.3 Å². The van der Waals surface area contributed by atoms with Gasteiger partial charge in [-0.15, -0.1) is 0 Å². The van der Waals surface area contributed by atoms with E-state index < -0.39 is 0 Å². The van der Waals surface area contributed by atoms with Gasteiger partial charge in [0.1, 0.15) is 12.4 Å². The Kier molecular flexibility index (Phi) is 5.26. The first-order valence-electron chi connectivity index (χ1n) is 8.16. The second-order valence-corrected chi connectivity index (χ2v) is 5.80. The molecule has 1 aliphatic carbocycles. The van der Waals surface area contributed by atoms with Crippen LogP contribution in [0.15, 0.2) is 54.7 Å². The number of aromatic nitrogens is 1. The maximum atomic E-state index is 11.4. The third-order valence-electron chi connectivity index (χ3n) is 4.21. The van der Waals surface area contributed by atoms with Gasteiger partial charge < -0.3 is 9.47 Å². The molecule has 0 aliphatic heterocycles. The number of fused-ring (bicyclic) bond motifs is 1. The van der Waals surface area contributed by atoms with Crippen LogP contribution in [0.2, 0.25) is 0 Å². The van der Waals surface area contributed by atoms with Crippen LogP contribution in [0.3, 0.4) is 0 Å². The summed E-state index contributed by atoms with van der Waals surface area (Å²) in [4.78, 5) is 15.9. The van der Waals surface area contributed by atoms with Crippen LogP contribution in [0.1, 0.15) is 35.6 Å². The quantitative estimate of drug-likeness (QED) is 0.599. The number of benzene rings is 1. The van der Waals surface area contributed by atoms with E-state index >= 15 is 0 Å². The minimum atomic E-state index is -0.188. The molecule has 1 atom stereocenters. The predicted octanol–water partition coefficient (Wildman–Crippen LogP) is 3.81. The largest absolute Gasteiger partial charge is 0.488 e. The lowest BCUT2D eigenvalue weighted by atomic mass is 9.88. The molecule has 0 N–H and O–H groups in total. The van der Waals surface area contributed by atoms with Gasteiger partial charge in [0.05, 0.1) is 12.8 Å². The molecule has 1 unspecified atom stereocenters. The minimum absolute atomic E-state index is 0.133. The normalized spacial score (nSPS) is 15.6. The van der Waals surface area contributed by atoms with Crippen LogP contribution in [-0.4, -0.2) is 18.1 Å². The second-order valence-electron chi connectivity index (χ2n) is 5.80. The maximum absolute atomic E-state index is 11.4. The number of pyridine rings is 1. The molecule has 1 aromatic carbocycles. The van der Waals surface area contributed by atoms with E-state index in [0.29, 0.717) is 19.4 Å². The van der Waals surface area contributed by atoms with Crippen molar-refractivity contribution >= 4 is 5.97 Å². The third-order valence-corrected chi connectivity index (χ3v) is 4.21. The summed E-state index contributed by atoms with van der Waals surface area (Å²) in [6.45, 7) is 0.536. The van der Waals surface area contributed by atoms with Crippen LogP contribution in [-0.2, 0) is 22.6 Å². The molecule has 0 spiro atoms. The Hall–Kier alpha value is -2.62. The lowest BCUT2D eigenvalue weighted by Gasteiger charge is -2.22. The molecule has 3 rings (SSSR count). The van der Waals surface area contributed by atoms with Gasteiger partial charge in [-0.05, 0) is 24.5 Å². The van der Waals surface area contributed by atoms with Gasteiger partial charge in [-0.3, -0.25) is 9.78 Å². The van der Waals surface area contributed by atoms with E-state index in [-0.39, 0.29) is 11.9 Å². The highest BCUT2D eigenvalue weighted by Gasteiger charge is 2.21. The number of ether oxygens (including phenoxy) is 2. The Morgan fingerprint density at radius 3 is 2.88 bits per heavy atom. The van der Waals surface area contributed by atoms with Crippen LogP contribution in [0.25, 0.3) is 0 Å². The molecule has 124 valence electrons. The predicted molar refractivity (Wildman–Crippen MR) is 91.8 cm³/mol. The summed E-state index contributed by atoms with van der Waals surface area (Å²) in [6, 6.07) is 12.0. The molecule has 0 bridgehead atoms. The van der Waals surface area contributed by atoms with Crippen molar-refractivity contribution in [1.29, 1.82) is 0 Å². The van der Waals surface area contributed by atoms with Gasteiger partial charge in [-0.2, -0.15) is 0 Å². The Labute approximate surface area is 142 Å². The smallest absolute Gasteiger partial charge is 0.305 e. The highest BCUT2D eigenvalue weighted by molar-refractivity contribution is 5.69. The molecular weight excluding hydrogens is 302 g/mol. The number of carbonyl (C=O) groups excluding carboxylic acids is 1. The summed E-state index contributed by atoms with van der Waals surface area (Å²) in [7, 11) is 1.42. The fourth-order valence-corrected chi connectivity index (χ4v) is 2.93. The molecule has 24 heavy (non-hydrogen) atoms. The fraction of sp³-hybridized carbons (Fsp3) is 0.300. The van der Waals surface area contributed by atoms with Gasteiger partial charge in [-0.25, -0.2) is 0 Å². The van der Waals surface area contributed by atoms with Gasteiger partial charge in [0.25, 0.3) is 0 Å². The summed E-state index contributed by atoms with van der Waals surface area (Å²) in [5.41, 5.74) is 3.26. The molecule has 2 aromatic rings. The summed E-state index contributed by atoms with van der Waals surface area (Å²) in [5.74, 6) is 0.816. The number of rotatable bonds is 6. The van der Waals surface area contributed by atoms with Crippen LogP contribution < -0.4 is 4.74 Å². The molecule has 1 aliphatic rings. The zero-order chi connectivity index (χ0) is 16.8. The lowest BCUT2D eigenvalue weighted by Crippen LogP contribution is -2.12. The summed E-state index contributed by atoms with van der Waals surface area (Å²) in [5, 5.41) is 0. The zero-order valence-electron chi connectivity index (χ0n) is 13.8. The first kappa shape index (κ1) is 16.2. The van der Waals surface area contributed by atoms with Gasteiger partial charge in [0.15, 0.2) is 0 Å². The molecule has 0 saturated heterocycles. The van der Waals surface area contributed by atoms with Crippen molar-refractivity contribution in [1.82, 2.24) is 4.98 Å². The van der Waals surface area contributed by atoms with E-state index in [1.807, 2.05) is 36.4 Å². The number of hydrogen-bond acceptors (Lipinski definition) is 4. The molecule has 0 fully saturated rings. The van der Waals surface area contributed by atoms with Gasteiger partial charge in [0.2, 0.25) is 0 Å². The molecule has 4 nitrogen and oxygen atoms in total. The Bertz CT molecular complexity index is 725. The highest BCUT2D eigenvalue weighted by atomic mass is 16.5. The van der Waals surface area contributed by atoms with Gasteiger partial charge in [-0.1, -0.05) is 42.5 Å². The van der Waals surface area contributed by atoms with E-state index in [0.717, 1.165) is 29.0 Å². The van der Waals surface area contributed by atoms with Crippen molar-refractivity contribution in [2.75, 3.05) is 7.11 Å². The summed E-state index contributed by atoms with van der Waals surface area (Å²) in [6.07, 6.45) is 7.93. The van der Waals surface area contributed by atoms with Gasteiger partial charge >= 0.3 is 5.97 Å². The number of carbonyl (C=O) groups is 1. The molecule has 0 amide bonds. The molecule has 0 radical (unpaired) electrons. The monoisotopic (exact) mass is 323 g/mol. The van der Waals surface area contributed by atoms with Crippen molar-refractivity contribution in [3.63, 3.8) is 0 Å². The Morgan fingerprint density at radius 1 is 1.25 bits per heavy atom. The second kappa shape index (κ2) is 7.77. The first-order valence-corrected chi connectivity index (χ1v) is 8.16. The van der Waals surface area contributed by atoms with Crippen LogP contribution in [0.5, 0.6) is 5.75 Å². The molecule has 0 saturated carbocycles. The lowest BCUT2D eigenvalue weighted by molar-refractivity contribution is -0.140. The first-order chi connectivity index (χ1) is 11.8. The van der Waals surface area contributed by atoms with E-state index in [9.17, 15) is 4.79 Å².